The van der Waals surface area contributed by atoms with Crippen molar-refractivity contribution in [2.24, 2.45) is 5.92 Å². The number of carbonyl (C=O) groups excluding carboxylic acids is 2. The van der Waals surface area contributed by atoms with Crippen molar-refractivity contribution >= 4 is 50.7 Å². The highest BCUT2D eigenvalue weighted by molar-refractivity contribution is 9.10. The lowest BCUT2D eigenvalue weighted by Gasteiger charge is -2.17. The summed E-state index contributed by atoms with van der Waals surface area (Å²) in [7, 11) is 0. The minimum Gasteiger partial charge on any atom is -0.323 e. The zero-order valence-electron chi connectivity index (χ0n) is 12.4. The first-order valence-electron chi connectivity index (χ1n) is 7.26. The number of anilines is 2. The second-order valence-electron chi connectivity index (χ2n) is 5.50. The van der Waals surface area contributed by atoms with Crippen molar-refractivity contribution in [3.05, 3.63) is 57.8 Å². The molecule has 0 aliphatic carbocycles. The zero-order valence-corrected chi connectivity index (χ0v) is 14.8. The highest BCUT2D eigenvalue weighted by Crippen LogP contribution is 2.27. The fraction of sp³-hybridized carbons (Fsp3) is 0.176. The topological polar surface area (TPSA) is 49.4 Å². The molecule has 7 heteroatoms. The van der Waals surface area contributed by atoms with Gasteiger partial charge in [-0.2, -0.15) is 0 Å². The Labute approximate surface area is 151 Å². The second-order valence-corrected chi connectivity index (χ2v) is 6.85. The van der Waals surface area contributed by atoms with E-state index in [0.29, 0.717) is 15.2 Å². The average Bonchev–Trinajstić information content (AvgIpc) is 2.93. The number of nitrogens with one attached hydrogen (secondary N) is 1. The van der Waals surface area contributed by atoms with E-state index >= 15 is 0 Å². The molecule has 0 bridgehead atoms. The number of nitrogens with zero attached hydrogens (tertiary/aromatic N) is 1. The van der Waals surface area contributed by atoms with Crippen molar-refractivity contribution in [2.75, 3.05) is 16.8 Å². The summed E-state index contributed by atoms with van der Waals surface area (Å²) in [6.45, 7) is 0.254. The number of hydrogen-bond donors (Lipinski definition) is 1. The fourth-order valence-electron chi connectivity index (χ4n) is 2.58. The molecule has 4 nitrogen and oxygen atoms in total. The molecule has 0 aromatic heterocycles. The van der Waals surface area contributed by atoms with Gasteiger partial charge in [0, 0.05) is 28.1 Å². The van der Waals surface area contributed by atoms with E-state index in [0.717, 1.165) is 0 Å². The van der Waals surface area contributed by atoms with Crippen LogP contribution < -0.4 is 10.2 Å². The molecule has 1 saturated heterocycles. The van der Waals surface area contributed by atoms with E-state index in [9.17, 15) is 14.0 Å². The number of hydrogen-bond acceptors (Lipinski definition) is 2. The third-order valence-corrected chi connectivity index (χ3v) is 4.57. The molecule has 0 spiro atoms. The lowest BCUT2D eigenvalue weighted by Crippen LogP contribution is -2.28. The van der Waals surface area contributed by atoms with Crippen molar-refractivity contribution in [2.45, 2.75) is 6.42 Å². The van der Waals surface area contributed by atoms with Gasteiger partial charge in [0.05, 0.1) is 11.6 Å². The quantitative estimate of drug-likeness (QED) is 0.821. The summed E-state index contributed by atoms with van der Waals surface area (Å²) in [4.78, 5) is 26.1. The maximum absolute atomic E-state index is 13.8. The number of halogens is 3. The third kappa shape index (κ3) is 3.60. The second kappa shape index (κ2) is 6.91. The average molecular weight is 412 g/mol. The van der Waals surface area contributed by atoms with Gasteiger partial charge in [0.1, 0.15) is 5.82 Å². The highest BCUT2D eigenvalue weighted by atomic mass is 79.9. The Morgan fingerprint density at radius 3 is 2.62 bits per heavy atom. The highest BCUT2D eigenvalue weighted by Gasteiger charge is 2.35. The molecule has 3 rings (SSSR count). The number of carbonyl (C=O) groups is 2. The molecule has 2 aromatic rings. The van der Waals surface area contributed by atoms with E-state index in [2.05, 4.69) is 21.2 Å². The standard InChI is InChI=1S/C17H13BrClFN2O2/c18-11-1-6-15(14(20)8-11)21-17(24)10-7-16(23)22(9-10)13-4-2-12(19)3-5-13/h1-6,8,10H,7,9H2,(H,21,24). The van der Waals surface area contributed by atoms with Gasteiger partial charge in [-0.3, -0.25) is 9.59 Å². The Morgan fingerprint density at radius 2 is 1.96 bits per heavy atom. The summed E-state index contributed by atoms with van der Waals surface area (Å²) in [5, 5.41) is 3.12. The van der Waals surface area contributed by atoms with Gasteiger partial charge >= 0.3 is 0 Å². The Hall–Kier alpha value is -1.92. The monoisotopic (exact) mass is 410 g/mol. The molecular weight excluding hydrogens is 399 g/mol. The largest absolute Gasteiger partial charge is 0.323 e. The van der Waals surface area contributed by atoms with Gasteiger partial charge in [-0.05, 0) is 42.5 Å². The van der Waals surface area contributed by atoms with Crippen LogP contribution in [0.15, 0.2) is 46.9 Å². The predicted molar refractivity (Wildman–Crippen MR) is 94.6 cm³/mol. The van der Waals surface area contributed by atoms with Crippen LogP contribution in [-0.2, 0) is 9.59 Å². The van der Waals surface area contributed by atoms with Gasteiger partial charge in [-0.15, -0.1) is 0 Å². The van der Waals surface area contributed by atoms with Crippen molar-refractivity contribution in [1.29, 1.82) is 0 Å². The summed E-state index contributed by atoms with van der Waals surface area (Å²) < 4.78 is 14.4. The van der Waals surface area contributed by atoms with Gasteiger partial charge < -0.3 is 10.2 Å². The summed E-state index contributed by atoms with van der Waals surface area (Å²) >= 11 is 9.01. The Bertz CT molecular complexity index is 798. The van der Waals surface area contributed by atoms with Crippen LogP contribution in [-0.4, -0.2) is 18.4 Å². The molecule has 2 amide bonds. The van der Waals surface area contributed by atoms with Crippen LogP contribution in [0, 0.1) is 11.7 Å². The zero-order chi connectivity index (χ0) is 17.3. The minimum absolute atomic E-state index is 0.0899. The molecule has 1 fully saturated rings. The van der Waals surface area contributed by atoms with Crippen molar-refractivity contribution in [1.82, 2.24) is 0 Å². The molecule has 1 heterocycles. The van der Waals surface area contributed by atoms with Crippen LogP contribution in [0.25, 0.3) is 0 Å². The molecule has 2 aromatic carbocycles. The lowest BCUT2D eigenvalue weighted by molar-refractivity contribution is -0.122. The van der Waals surface area contributed by atoms with Crippen LogP contribution in [0.4, 0.5) is 15.8 Å². The molecule has 1 atom stereocenters. The first-order valence-corrected chi connectivity index (χ1v) is 8.43. The summed E-state index contributed by atoms with van der Waals surface area (Å²) in [6.07, 6.45) is 0.0899. The van der Waals surface area contributed by atoms with Crippen molar-refractivity contribution in [3.63, 3.8) is 0 Å². The van der Waals surface area contributed by atoms with Gasteiger partial charge in [-0.1, -0.05) is 27.5 Å². The minimum atomic E-state index is -0.531. The molecule has 1 aliphatic rings. The first-order chi connectivity index (χ1) is 11.4. The maximum Gasteiger partial charge on any atom is 0.229 e. The summed E-state index contributed by atoms with van der Waals surface area (Å²) in [5.41, 5.74) is 0.787. The van der Waals surface area contributed by atoms with Crippen LogP contribution in [0.5, 0.6) is 0 Å². The molecule has 1 unspecified atom stereocenters. The first kappa shape index (κ1) is 16.9. The van der Waals surface area contributed by atoms with E-state index < -0.39 is 11.7 Å². The summed E-state index contributed by atoms with van der Waals surface area (Å²) in [5.74, 6) is -1.58. The van der Waals surface area contributed by atoms with Gasteiger partial charge in [0.25, 0.3) is 0 Å². The Morgan fingerprint density at radius 1 is 1.25 bits per heavy atom. The van der Waals surface area contributed by atoms with Gasteiger partial charge in [0.2, 0.25) is 11.8 Å². The molecule has 0 saturated carbocycles. The van der Waals surface area contributed by atoms with Crippen LogP contribution in [0.3, 0.4) is 0 Å². The number of rotatable bonds is 3. The third-order valence-electron chi connectivity index (χ3n) is 3.82. The van der Waals surface area contributed by atoms with Gasteiger partial charge in [-0.25, -0.2) is 4.39 Å². The maximum atomic E-state index is 13.8. The number of amides is 2. The van der Waals surface area contributed by atoms with Crippen LogP contribution in [0.1, 0.15) is 6.42 Å². The van der Waals surface area contributed by atoms with Crippen molar-refractivity contribution in [3.8, 4) is 0 Å². The lowest BCUT2D eigenvalue weighted by atomic mass is 10.1. The van der Waals surface area contributed by atoms with Crippen LogP contribution in [0.2, 0.25) is 5.02 Å². The van der Waals surface area contributed by atoms with E-state index in [1.807, 2.05) is 0 Å². The smallest absolute Gasteiger partial charge is 0.229 e. The normalized spacial score (nSPS) is 17.2. The predicted octanol–water partition coefficient (Wildman–Crippen LogP) is 4.23. The Balaban J connectivity index is 1.70. The van der Waals surface area contributed by atoms with Crippen LogP contribution >= 0.6 is 27.5 Å². The number of benzene rings is 2. The molecule has 0 radical (unpaired) electrons. The van der Waals surface area contributed by atoms with Gasteiger partial charge in [0.15, 0.2) is 0 Å². The van der Waals surface area contributed by atoms with E-state index in [4.69, 9.17) is 11.6 Å². The van der Waals surface area contributed by atoms with Crippen molar-refractivity contribution < 1.29 is 14.0 Å². The summed E-state index contributed by atoms with van der Waals surface area (Å²) in [6, 6.07) is 11.2. The fourth-order valence-corrected chi connectivity index (χ4v) is 3.04. The molecule has 1 aliphatic heterocycles. The Kier molecular flexibility index (Phi) is 4.87. The van der Waals surface area contributed by atoms with E-state index in [-0.39, 0.29) is 30.5 Å². The molecule has 124 valence electrons. The SMILES string of the molecule is O=C(Nc1ccc(Br)cc1F)C1CC(=O)N(c2ccc(Cl)cc2)C1. The molecule has 24 heavy (non-hydrogen) atoms. The molecule has 1 N–H and O–H groups in total. The van der Waals surface area contributed by atoms with E-state index in [1.54, 1.807) is 35.2 Å². The van der Waals surface area contributed by atoms with E-state index in [1.165, 1.54) is 12.1 Å². The molecular formula is C17H13BrClFN2O2.